The molecule has 0 aliphatic carbocycles. The molecule has 23 heavy (non-hydrogen) atoms. The molecule has 0 atom stereocenters. The first kappa shape index (κ1) is 16.4. The highest BCUT2D eigenvalue weighted by atomic mass is 16.5. The maximum Gasteiger partial charge on any atom is 0.258 e. The molecule has 0 heterocycles. The van der Waals surface area contributed by atoms with Crippen molar-refractivity contribution in [3.8, 4) is 17.6 Å². The zero-order chi connectivity index (χ0) is 16.5. The third-order valence-corrected chi connectivity index (χ3v) is 3.24. The van der Waals surface area contributed by atoms with E-state index in [2.05, 4.69) is 11.4 Å². The average molecular weight is 310 g/mol. The van der Waals surface area contributed by atoms with Crippen LogP contribution in [0.4, 0.5) is 0 Å². The van der Waals surface area contributed by atoms with E-state index >= 15 is 0 Å². The predicted molar refractivity (Wildman–Crippen MR) is 86.1 cm³/mol. The van der Waals surface area contributed by atoms with Crippen molar-refractivity contribution in [1.82, 2.24) is 5.32 Å². The molecule has 2 aromatic carbocycles. The second-order valence-electron chi connectivity index (χ2n) is 4.86. The Hall–Kier alpha value is -3.00. The molecular weight excluding hydrogens is 292 g/mol. The molecule has 5 heteroatoms. The topological polar surface area (TPSA) is 71.3 Å². The summed E-state index contributed by atoms with van der Waals surface area (Å²) in [7, 11) is 1.60. The lowest BCUT2D eigenvalue weighted by molar-refractivity contribution is -0.123. The number of hydrogen-bond acceptors (Lipinski definition) is 4. The normalized spacial score (nSPS) is 9.74. The van der Waals surface area contributed by atoms with Crippen LogP contribution < -0.4 is 14.8 Å². The van der Waals surface area contributed by atoms with Crippen LogP contribution in [0.25, 0.3) is 0 Å². The van der Waals surface area contributed by atoms with Gasteiger partial charge < -0.3 is 14.8 Å². The molecule has 5 nitrogen and oxygen atoms in total. The molecule has 2 rings (SSSR count). The summed E-state index contributed by atoms with van der Waals surface area (Å²) in [6, 6.07) is 16.7. The maximum absolute atomic E-state index is 11.8. The van der Waals surface area contributed by atoms with Gasteiger partial charge in [-0.2, -0.15) is 5.26 Å². The van der Waals surface area contributed by atoms with Crippen LogP contribution in [0.2, 0.25) is 0 Å². The van der Waals surface area contributed by atoms with E-state index in [4.69, 9.17) is 14.7 Å². The fourth-order valence-corrected chi connectivity index (χ4v) is 2.04. The Morgan fingerprint density at radius 2 is 1.91 bits per heavy atom. The van der Waals surface area contributed by atoms with Gasteiger partial charge in [0, 0.05) is 12.1 Å². The molecule has 118 valence electrons. The number of para-hydroxylation sites is 1. The number of carbonyl (C=O) groups excluding carboxylic acids is 1. The SMILES string of the molecule is COc1ccccc1CNC(=O)COc1ccc(CC#N)cc1. The van der Waals surface area contributed by atoms with Crippen molar-refractivity contribution >= 4 is 5.91 Å². The number of ether oxygens (including phenoxy) is 2. The number of rotatable bonds is 7. The third-order valence-electron chi connectivity index (χ3n) is 3.24. The number of amides is 1. The van der Waals surface area contributed by atoms with Crippen molar-refractivity contribution in [2.45, 2.75) is 13.0 Å². The van der Waals surface area contributed by atoms with Crippen LogP contribution >= 0.6 is 0 Å². The number of nitrogens with zero attached hydrogens (tertiary/aromatic N) is 1. The third kappa shape index (κ3) is 5.04. The first-order valence-electron chi connectivity index (χ1n) is 7.20. The Kier molecular flexibility index (Phi) is 6.01. The molecule has 0 fully saturated rings. The summed E-state index contributed by atoms with van der Waals surface area (Å²) < 4.78 is 10.7. The van der Waals surface area contributed by atoms with Gasteiger partial charge in [0.2, 0.25) is 0 Å². The largest absolute Gasteiger partial charge is 0.496 e. The molecule has 0 spiro atoms. The predicted octanol–water partition coefficient (Wildman–Crippen LogP) is 2.46. The smallest absolute Gasteiger partial charge is 0.258 e. The van der Waals surface area contributed by atoms with E-state index in [1.54, 1.807) is 19.2 Å². The minimum Gasteiger partial charge on any atom is -0.496 e. The van der Waals surface area contributed by atoms with E-state index < -0.39 is 0 Å². The van der Waals surface area contributed by atoms with E-state index in [0.29, 0.717) is 18.7 Å². The van der Waals surface area contributed by atoms with E-state index in [-0.39, 0.29) is 12.5 Å². The molecule has 0 saturated carbocycles. The van der Waals surface area contributed by atoms with E-state index in [1.165, 1.54) is 0 Å². The highest BCUT2D eigenvalue weighted by Gasteiger charge is 2.06. The van der Waals surface area contributed by atoms with Crippen LogP contribution in [0.5, 0.6) is 11.5 Å². The molecule has 0 aliphatic heterocycles. The van der Waals surface area contributed by atoms with Crippen LogP contribution in [0.1, 0.15) is 11.1 Å². The van der Waals surface area contributed by atoms with Gasteiger partial charge in [-0.3, -0.25) is 4.79 Å². The summed E-state index contributed by atoms with van der Waals surface area (Å²) in [5.41, 5.74) is 1.82. The summed E-state index contributed by atoms with van der Waals surface area (Å²) >= 11 is 0. The van der Waals surface area contributed by atoms with Crippen molar-refractivity contribution in [2.75, 3.05) is 13.7 Å². The van der Waals surface area contributed by atoms with Gasteiger partial charge in [-0.05, 0) is 23.8 Å². The van der Waals surface area contributed by atoms with Crippen LogP contribution in [-0.2, 0) is 17.8 Å². The fraction of sp³-hybridized carbons (Fsp3) is 0.222. The Bertz CT molecular complexity index is 690. The summed E-state index contributed by atoms with van der Waals surface area (Å²) in [6.45, 7) is 0.320. The average Bonchev–Trinajstić information content (AvgIpc) is 2.60. The van der Waals surface area contributed by atoms with E-state index in [9.17, 15) is 4.79 Å². The van der Waals surface area contributed by atoms with Crippen molar-refractivity contribution in [3.05, 3.63) is 59.7 Å². The van der Waals surface area contributed by atoms with Crippen molar-refractivity contribution in [1.29, 1.82) is 5.26 Å². The molecule has 1 amide bonds. The Morgan fingerprint density at radius 1 is 1.17 bits per heavy atom. The number of methoxy groups -OCH3 is 1. The van der Waals surface area contributed by atoms with Gasteiger partial charge in [-0.1, -0.05) is 30.3 Å². The summed E-state index contributed by atoms with van der Waals surface area (Å²) in [4.78, 5) is 11.8. The minimum atomic E-state index is -0.211. The monoisotopic (exact) mass is 310 g/mol. The molecule has 0 radical (unpaired) electrons. The summed E-state index contributed by atoms with van der Waals surface area (Å²) in [5.74, 6) is 1.12. The number of nitrogens with one attached hydrogen (secondary N) is 1. The van der Waals surface area contributed by atoms with Gasteiger partial charge in [0.05, 0.1) is 19.6 Å². The van der Waals surface area contributed by atoms with Gasteiger partial charge in [0.15, 0.2) is 6.61 Å². The molecule has 0 bridgehead atoms. The standard InChI is InChI=1S/C18H18N2O3/c1-22-17-5-3-2-4-15(17)12-20-18(21)13-23-16-8-6-14(7-9-16)10-11-19/h2-9H,10,12-13H2,1H3,(H,20,21). The van der Waals surface area contributed by atoms with Crippen molar-refractivity contribution < 1.29 is 14.3 Å². The van der Waals surface area contributed by atoms with Gasteiger partial charge in [-0.25, -0.2) is 0 Å². The molecule has 0 saturated heterocycles. The summed E-state index contributed by atoms with van der Waals surface area (Å²) in [6.07, 6.45) is 0.361. The first-order chi connectivity index (χ1) is 11.2. The van der Waals surface area contributed by atoms with Crippen LogP contribution in [0, 0.1) is 11.3 Å². The lowest BCUT2D eigenvalue weighted by atomic mass is 10.2. The second kappa shape index (κ2) is 8.44. The highest BCUT2D eigenvalue weighted by molar-refractivity contribution is 5.77. The Balaban J connectivity index is 1.80. The van der Waals surface area contributed by atoms with E-state index in [1.807, 2.05) is 36.4 Å². The van der Waals surface area contributed by atoms with Gasteiger partial charge in [0.1, 0.15) is 11.5 Å². The second-order valence-corrected chi connectivity index (χ2v) is 4.86. The molecule has 2 aromatic rings. The quantitative estimate of drug-likeness (QED) is 0.852. The number of benzene rings is 2. The minimum absolute atomic E-state index is 0.0628. The zero-order valence-electron chi connectivity index (χ0n) is 12.9. The lowest BCUT2D eigenvalue weighted by Crippen LogP contribution is -2.28. The molecule has 0 unspecified atom stereocenters. The molecular formula is C18H18N2O3. The summed E-state index contributed by atoms with van der Waals surface area (Å²) in [5, 5.41) is 11.4. The van der Waals surface area contributed by atoms with Crippen LogP contribution in [0.3, 0.4) is 0 Å². The molecule has 0 aliphatic rings. The molecule has 0 aromatic heterocycles. The fourth-order valence-electron chi connectivity index (χ4n) is 2.04. The van der Waals surface area contributed by atoms with Gasteiger partial charge >= 0.3 is 0 Å². The highest BCUT2D eigenvalue weighted by Crippen LogP contribution is 2.16. The maximum atomic E-state index is 11.8. The van der Waals surface area contributed by atoms with Crippen molar-refractivity contribution in [3.63, 3.8) is 0 Å². The van der Waals surface area contributed by atoms with Crippen LogP contribution in [-0.4, -0.2) is 19.6 Å². The number of nitriles is 1. The lowest BCUT2D eigenvalue weighted by Gasteiger charge is -2.10. The Morgan fingerprint density at radius 3 is 2.61 bits per heavy atom. The zero-order valence-corrected chi connectivity index (χ0v) is 12.9. The number of hydrogen-bond donors (Lipinski definition) is 1. The van der Waals surface area contributed by atoms with Gasteiger partial charge in [0.25, 0.3) is 5.91 Å². The van der Waals surface area contributed by atoms with Gasteiger partial charge in [-0.15, -0.1) is 0 Å². The van der Waals surface area contributed by atoms with Crippen molar-refractivity contribution in [2.24, 2.45) is 0 Å². The van der Waals surface area contributed by atoms with E-state index in [0.717, 1.165) is 16.9 Å². The number of carbonyl (C=O) groups is 1. The Labute approximate surface area is 135 Å². The first-order valence-corrected chi connectivity index (χ1v) is 7.20. The van der Waals surface area contributed by atoms with Crippen LogP contribution in [0.15, 0.2) is 48.5 Å². The molecule has 1 N–H and O–H groups in total.